The molecule has 5 nitrogen and oxygen atoms in total. The van der Waals surface area contributed by atoms with E-state index in [-0.39, 0.29) is 29.6 Å². The normalized spacial score (nSPS) is 31.8. The van der Waals surface area contributed by atoms with Gasteiger partial charge in [0.1, 0.15) is 0 Å². The number of hydrogen-bond donors (Lipinski definition) is 1. The first kappa shape index (κ1) is 19.8. The summed E-state index contributed by atoms with van der Waals surface area (Å²) in [5.41, 5.74) is 2.91. The Morgan fingerprint density at radius 1 is 0.967 bits per heavy atom. The SMILES string of the molecule is CC(=O)c1ccc2c(c1)CCN(C(=O)CNC(=O)C13CC4CC(CC(C4)C1)C3)CC2. The molecule has 1 heterocycles. The van der Waals surface area contributed by atoms with Gasteiger partial charge in [0.2, 0.25) is 11.8 Å². The molecule has 0 spiro atoms. The zero-order valence-corrected chi connectivity index (χ0v) is 17.9. The lowest BCUT2D eigenvalue weighted by molar-refractivity contribution is -0.148. The third-order valence-corrected chi connectivity index (χ3v) is 8.19. The van der Waals surface area contributed by atoms with Gasteiger partial charge in [0, 0.05) is 24.1 Å². The molecule has 0 unspecified atom stereocenters. The van der Waals surface area contributed by atoms with Gasteiger partial charge >= 0.3 is 0 Å². The standard InChI is InChI=1S/C25H32N2O3/c1-16(28)21-3-2-20-4-6-27(7-5-22(20)11-21)23(29)15-26-24(30)25-12-17-8-18(13-25)10-19(9-17)14-25/h2-3,11,17-19H,4-10,12-15H2,1H3,(H,26,30). The molecule has 5 aliphatic rings. The van der Waals surface area contributed by atoms with Crippen molar-refractivity contribution in [2.75, 3.05) is 19.6 Å². The number of amides is 2. The Kier molecular flexibility index (Phi) is 4.95. The molecule has 0 saturated heterocycles. The van der Waals surface area contributed by atoms with Crippen molar-refractivity contribution in [2.45, 2.75) is 58.3 Å². The highest BCUT2D eigenvalue weighted by atomic mass is 16.2. The van der Waals surface area contributed by atoms with E-state index in [1.807, 2.05) is 23.1 Å². The third-order valence-electron chi connectivity index (χ3n) is 8.19. The number of hydrogen-bond acceptors (Lipinski definition) is 3. The smallest absolute Gasteiger partial charge is 0.241 e. The summed E-state index contributed by atoms with van der Waals surface area (Å²) in [6.07, 6.45) is 8.55. The molecule has 5 heteroatoms. The molecule has 160 valence electrons. The van der Waals surface area contributed by atoms with Crippen LogP contribution in [0.1, 0.15) is 66.9 Å². The Morgan fingerprint density at radius 3 is 2.17 bits per heavy atom. The average molecular weight is 409 g/mol. The van der Waals surface area contributed by atoms with Crippen LogP contribution >= 0.6 is 0 Å². The largest absolute Gasteiger partial charge is 0.347 e. The van der Waals surface area contributed by atoms with E-state index in [0.717, 1.165) is 61.0 Å². The number of nitrogens with zero attached hydrogens (tertiary/aromatic N) is 1. The molecular weight excluding hydrogens is 376 g/mol. The minimum absolute atomic E-state index is 0.00711. The third kappa shape index (κ3) is 3.57. The molecule has 30 heavy (non-hydrogen) atoms. The molecule has 1 N–H and O–H groups in total. The van der Waals surface area contributed by atoms with Gasteiger partial charge in [-0.15, -0.1) is 0 Å². The summed E-state index contributed by atoms with van der Waals surface area (Å²) in [5.74, 6) is 2.37. The van der Waals surface area contributed by atoms with Gasteiger partial charge < -0.3 is 10.2 Å². The molecule has 0 atom stereocenters. The molecule has 1 aromatic rings. The van der Waals surface area contributed by atoms with E-state index in [1.165, 1.54) is 24.8 Å². The number of fused-ring (bicyclic) bond motifs is 1. The second kappa shape index (κ2) is 7.51. The molecule has 4 aliphatic carbocycles. The molecule has 2 amide bonds. The first-order valence-electron chi connectivity index (χ1n) is 11.6. The summed E-state index contributed by atoms with van der Waals surface area (Å²) in [5, 5.41) is 3.03. The molecule has 4 bridgehead atoms. The quantitative estimate of drug-likeness (QED) is 0.779. The lowest BCUT2D eigenvalue weighted by Gasteiger charge is -2.55. The average Bonchev–Trinajstić information content (AvgIpc) is 2.92. The summed E-state index contributed by atoms with van der Waals surface area (Å²) >= 11 is 0. The van der Waals surface area contributed by atoms with E-state index in [2.05, 4.69) is 5.32 Å². The van der Waals surface area contributed by atoms with Gasteiger partial charge in [-0.1, -0.05) is 12.1 Å². The molecule has 1 aromatic carbocycles. The van der Waals surface area contributed by atoms with Crippen LogP contribution in [0.15, 0.2) is 18.2 Å². The Hall–Kier alpha value is -2.17. The van der Waals surface area contributed by atoms with Crippen molar-refractivity contribution in [1.29, 1.82) is 0 Å². The second-order valence-electron chi connectivity index (χ2n) is 10.3. The van der Waals surface area contributed by atoms with Crippen LogP contribution in [0.4, 0.5) is 0 Å². The van der Waals surface area contributed by atoms with Crippen LogP contribution in [0.5, 0.6) is 0 Å². The van der Waals surface area contributed by atoms with Gasteiger partial charge in [-0.3, -0.25) is 14.4 Å². The van der Waals surface area contributed by atoms with Crippen molar-refractivity contribution in [3.05, 3.63) is 34.9 Å². The first-order valence-corrected chi connectivity index (χ1v) is 11.6. The van der Waals surface area contributed by atoms with Crippen LogP contribution in [-0.4, -0.2) is 42.1 Å². The van der Waals surface area contributed by atoms with E-state index in [1.54, 1.807) is 6.92 Å². The summed E-state index contributed by atoms with van der Waals surface area (Å²) in [6, 6.07) is 5.87. The Bertz CT molecular complexity index is 855. The lowest BCUT2D eigenvalue weighted by Crippen LogP contribution is -2.54. The summed E-state index contributed by atoms with van der Waals surface area (Å²) < 4.78 is 0. The van der Waals surface area contributed by atoms with Gasteiger partial charge in [0.15, 0.2) is 5.78 Å². The van der Waals surface area contributed by atoms with Crippen molar-refractivity contribution >= 4 is 17.6 Å². The summed E-state index contributed by atoms with van der Waals surface area (Å²) in [6.45, 7) is 3.00. The van der Waals surface area contributed by atoms with Crippen LogP contribution in [0, 0.1) is 23.2 Å². The number of rotatable bonds is 4. The highest BCUT2D eigenvalue weighted by molar-refractivity contribution is 5.94. The molecule has 6 rings (SSSR count). The van der Waals surface area contributed by atoms with E-state index < -0.39 is 0 Å². The van der Waals surface area contributed by atoms with E-state index in [9.17, 15) is 14.4 Å². The van der Waals surface area contributed by atoms with Gasteiger partial charge in [0.05, 0.1) is 6.54 Å². The van der Waals surface area contributed by atoms with Crippen LogP contribution in [0.3, 0.4) is 0 Å². The maximum absolute atomic E-state index is 13.1. The zero-order chi connectivity index (χ0) is 20.9. The number of carbonyl (C=O) groups excluding carboxylic acids is 3. The van der Waals surface area contributed by atoms with E-state index in [4.69, 9.17) is 0 Å². The van der Waals surface area contributed by atoms with Crippen molar-refractivity contribution in [2.24, 2.45) is 23.2 Å². The summed E-state index contributed by atoms with van der Waals surface area (Å²) in [4.78, 5) is 39.5. The minimum atomic E-state index is -0.201. The Balaban J connectivity index is 1.18. The molecule has 4 fully saturated rings. The van der Waals surface area contributed by atoms with Crippen molar-refractivity contribution < 1.29 is 14.4 Å². The molecular formula is C25H32N2O3. The van der Waals surface area contributed by atoms with Gasteiger partial charge in [-0.2, -0.15) is 0 Å². The number of benzene rings is 1. The number of Topliss-reactive ketones (excluding diaryl/α,β-unsaturated/α-hetero) is 1. The second-order valence-corrected chi connectivity index (χ2v) is 10.3. The van der Waals surface area contributed by atoms with Crippen LogP contribution in [0.2, 0.25) is 0 Å². The fourth-order valence-corrected chi connectivity index (χ4v) is 7.04. The predicted octanol–water partition coefficient (Wildman–Crippen LogP) is 3.15. The van der Waals surface area contributed by atoms with Crippen LogP contribution in [0.25, 0.3) is 0 Å². The maximum atomic E-state index is 13.1. The Morgan fingerprint density at radius 2 is 1.57 bits per heavy atom. The topological polar surface area (TPSA) is 66.5 Å². The van der Waals surface area contributed by atoms with Gasteiger partial charge in [-0.05, 0) is 93.2 Å². The molecule has 0 radical (unpaired) electrons. The molecule has 0 aromatic heterocycles. The van der Waals surface area contributed by atoms with Crippen molar-refractivity contribution in [1.82, 2.24) is 10.2 Å². The van der Waals surface area contributed by atoms with Gasteiger partial charge in [-0.25, -0.2) is 0 Å². The monoisotopic (exact) mass is 408 g/mol. The van der Waals surface area contributed by atoms with Crippen molar-refractivity contribution in [3.63, 3.8) is 0 Å². The van der Waals surface area contributed by atoms with E-state index >= 15 is 0 Å². The van der Waals surface area contributed by atoms with Gasteiger partial charge in [0.25, 0.3) is 0 Å². The fourth-order valence-electron chi connectivity index (χ4n) is 7.04. The highest BCUT2D eigenvalue weighted by Crippen LogP contribution is 2.60. The van der Waals surface area contributed by atoms with E-state index in [0.29, 0.717) is 13.1 Å². The Labute approximate surface area is 178 Å². The first-order chi connectivity index (χ1) is 14.4. The van der Waals surface area contributed by atoms with Crippen molar-refractivity contribution in [3.8, 4) is 0 Å². The van der Waals surface area contributed by atoms with Crippen LogP contribution < -0.4 is 5.32 Å². The minimum Gasteiger partial charge on any atom is -0.347 e. The summed E-state index contributed by atoms with van der Waals surface area (Å²) in [7, 11) is 0. The number of ketones is 1. The zero-order valence-electron chi connectivity index (χ0n) is 17.9. The molecule has 1 aliphatic heterocycles. The fraction of sp³-hybridized carbons (Fsp3) is 0.640. The lowest BCUT2D eigenvalue weighted by atomic mass is 9.49. The predicted molar refractivity (Wildman–Crippen MR) is 114 cm³/mol. The highest BCUT2D eigenvalue weighted by Gasteiger charge is 2.54. The molecule has 4 saturated carbocycles. The maximum Gasteiger partial charge on any atom is 0.241 e. The number of nitrogens with one attached hydrogen (secondary N) is 1. The van der Waals surface area contributed by atoms with Crippen LogP contribution in [-0.2, 0) is 22.4 Å². The number of carbonyl (C=O) groups is 3.